The van der Waals surface area contributed by atoms with Gasteiger partial charge in [0.25, 0.3) is 0 Å². The first-order chi connectivity index (χ1) is 9.83. The lowest BCUT2D eigenvalue weighted by Crippen LogP contribution is -2.20. The minimum absolute atomic E-state index is 0.297. The van der Waals surface area contributed by atoms with Crippen molar-refractivity contribution < 1.29 is 4.74 Å². The Balaban J connectivity index is 2.13. The van der Waals surface area contributed by atoms with Crippen molar-refractivity contribution in [3.8, 4) is 17.6 Å². The fourth-order valence-electron chi connectivity index (χ4n) is 1.91. The molecule has 3 heteroatoms. The second-order valence-electron chi connectivity index (χ2n) is 4.50. The van der Waals surface area contributed by atoms with Crippen LogP contribution in [0.25, 0.3) is 0 Å². The van der Waals surface area contributed by atoms with Crippen LogP contribution in [0.15, 0.2) is 54.6 Å². The standard InChI is InChI=1S/C17H18N2O/c1-2-11-19-17(13-18)14-7-6-10-16(12-14)20-15-8-4-3-5-9-15/h3-10,12,17,19H,2,11H2,1H3. The van der Waals surface area contributed by atoms with Crippen molar-refractivity contribution in [2.75, 3.05) is 6.54 Å². The fourth-order valence-corrected chi connectivity index (χ4v) is 1.91. The third-order valence-electron chi connectivity index (χ3n) is 2.90. The molecular formula is C17H18N2O. The fraction of sp³-hybridized carbons (Fsp3) is 0.235. The molecular weight excluding hydrogens is 248 g/mol. The molecule has 0 fully saturated rings. The third kappa shape index (κ3) is 3.84. The van der Waals surface area contributed by atoms with Gasteiger partial charge in [-0.15, -0.1) is 0 Å². The summed E-state index contributed by atoms with van der Waals surface area (Å²) in [6.07, 6.45) is 0.998. The summed E-state index contributed by atoms with van der Waals surface area (Å²) in [5, 5.41) is 12.4. The van der Waals surface area contributed by atoms with Gasteiger partial charge < -0.3 is 4.74 Å². The maximum absolute atomic E-state index is 9.23. The number of hydrogen-bond donors (Lipinski definition) is 1. The first-order valence-corrected chi connectivity index (χ1v) is 6.79. The number of nitrogens with one attached hydrogen (secondary N) is 1. The zero-order valence-electron chi connectivity index (χ0n) is 11.5. The van der Waals surface area contributed by atoms with Gasteiger partial charge in [-0.05, 0) is 42.8 Å². The van der Waals surface area contributed by atoms with Crippen molar-refractivity contribution >= 4 is 0 Å². The number of rotatable bonds is 6. The van der Waals surface area contributed by atoms with Crippen LogP contribution in [0.1, 0.15) is 24.9 Å². The molecule has 0 bridgehead atoms. The van der Waals surface area contributed by atoms with Crippen LogP contribution in [0.3, 0.4) is 0 Å². The van der Waals surface area contributed by atoms with Crippen LogP contribution in [0, 0.1) is 11.3 Å². The Bertz CT molecular complexity index is 575. The van der Waals surface area contributed by atoms with Gasteiger partial charge in [-0.1, -0.05) is 37.3 Å². The molecule has 0 amide bonds. The minimum Gasteiger partial charge on any atom is -0.457 e. The lowest BCUT2D eigenvalue weighted by molar-refractivity contribution is 0.481. The zero-order chi connectivity index (χ0) is 14.2. The van der Waals surface area contributed by atoms with Gasteiger partial charge in [-0.25, -0.2) is 0 Å². The van der Waals surface area contributed by atoms with Crippen molar-refractivity contribution in [3.05, 3.63) is 60.2 Å². The van der Waals surface area contributed by atoms with E-state index in [2.05, 4.69) is 18.3 Å². The van der Waals surface area contributed by atoms with Gasteiger partial charge in [0, 0.05) is 0 Å². The summed E-state index contributed by atoms with van der Waals surface area (Å²) in [4.78, 5) is 0. The van der Waals surface area contributed by atoms with Crippen molar-refractivity contribution in [1.29, 1.82) is 5.26 Å². The van der Waals surface area contributed by atoms with E-state index in [1.54, 1.807) is 0 Å². The first-order valence-electron chi connectivity index (χ1n) is 6.79. The van der Waals surface area contributed by atoms with E-state index in [4.69, 9.17) is 4.74 Å². The van der Waals surface area contributed by atoms with Gasteiger partial charge in [0.2, 0.25) is 0 Å². The minimum atomic E-state index is -0.297. The van der Waals surface area contributed by atoms with Gasteiger partial charge in [-0.3, -0.25) is 5.32 Å². The third-order valence-corrected chi connectivity index (χ3v) is 2.90. The molecule has 0 saturated heterocycles. The average Bonchev–Trinajstić information content (AvgIpc) is 2.49. The van der Waals surface area contributed by atoms with E-state index < -0.39 is 0 Å². The molecule has 0 spiro atoms. The van der Waals surface area contributed by atoms with Crippen LogP contribution in [0.4, 0.5) is 0 Å². The summed E-state index contributed by atoms with van der Waals surface area (Å²) < 4.78 is 5.78. The van der Waals surface area contributed by atoms with Crippen LogP contribution < -0.4 is 10.1 Å². The van der Waals surface area contributed by atoms with Crippen LogP contribution in [-0.2, 0) is 0 Å². The summed E-state index contributed by atoms with van der Waals surface area (Å²) >= 11 is 0. The highest BCUT2D eigenvalue weighted by Crippen LogP contribution is 2.24. The molecule has 0 aliphatic carbocycles. The van der Waals surface area contributed by atoms with E-state index in [-0.39, 0.29) is 6.04 Å². The number of benzene rings is 2. The Morgan fingerprint density at radius 2 is 1.85 bits per heavy atom. The molecule has 2 aromatic rings. The Hall–Kier alpha value is -2.31. The molecule has 20 heavy (non-hydrogen) atoms. The van der Waals surface area contributed by atoms with Gasteiger partial charge in [-0.2, -0.15) is 5.26 Å². The number of hydrogen-bond acceptors (Lipinski definition) is 3. The molecule has 1 unspecified atom stereocenters. The average molecular weight is 266 g/mol. The highest BCUT2D eigenvalue weighted by molar-refractivity contribution is 5.36. The van der Waals surface area contributed by atoms with Gasteiger partial charge in [0.05, 0.1) is 6.07 Å². The van der Waals surface area contributed by atoms with Crippen molar-refractivity contribution in [1.82, 2.24) is 5.32 Å². The zero-order valence-corrected chi connectivity index (χ0v) is 11.5. The largest absolute Gasteiger partial charge is 0.457 e. The lowest BCUT2D eigenvalue weighted by Gasteiger charge is -2.12. The summed E-state index contributed by atoms with van der Waals surface area (Å²) in [5.74, 6) is 1.53. The topological polar surface area (TPSA) is 45.0 Å². The van der Waals surface area contributed by atoms with E-state index in [1.807, 2.05) is 54.6 Å². The van der Waals surface area contributed by atoms with Crippen LogP contribution in [0.5, 0.6) is 11.5 Å². The molecule has 0 radical (unpaired) electrons. The SMILES string of the molecule is CCCNC(C#N)c1cccc(Oc2ccccc2)c1. The van der Waals surface area contributed by atoms with Gasteiger partial charge in [0.15, 0.2) is 0 Å². The molecule has 3 nitrogen and oxygen atoms in total. The molecule has 0 heterocycles. The molecule has 0 saturated carbocycles. The molecule has 0 aliphatic heterocycles. The Kier molecular flexibility index (Phi) is 5.16. The number of para-hydroxylation sites is 1. The second kappa shape index (κ2) is 7.32. The molecule has 0 aromatic heterocycles. The molecule has 2 aromatic carbocycles. The van der Waals surface area contributed by atoms with Crippen molar-refractivity contribution in [2.24, 2.45) is 0 Å². The predicted molar refractivity (Wildman–Crippen MR) is 79.6 cm³/mol. The highest BCUT2D eigenvalue weighted by atomic mass is 16.5. The molecule has 1 N–H and O–H groups in total. The van der Waals surface area contributed by atoms with Crippen molar-refractivity contribution in [3.63, 3.8) is 0 Å². The Labute approximate surface area is 119 Å². The smallest absolute Gasteiger partial charge is 0.127 e. The molecule has 0 aliphatic rings. The lowest BCUT2D eigenvalue weighted by atomic mass is 10.1. The molecule has 1 atom stereocenters. The second-order valence-corrected chi connectivity index (χ2v) is 4.50. The van der Waals surface area contributed by atoms with Crippen LogP contribution in [0.2, 0.25) is 0 Å². The predicted octanol–water partition coefficient (Wildman–Crippen LogP) is 4.04. The Morgan fingerprint density at radius 3 is 2.55 bits per heavy atom. The van der Waals surface area contributed by atoms with E-state index in [0.29, 0.717) is 0 Å². The summed E-state index contributed by atoms with van der Waals surface area (Å²) in [5.41, 5.74) is 0.925. The normalized spacial score (nSPS) is 11.6. The highest BCUT2D eigenvalue weighted by Gasteiger charge is 2.10. The van der Waals surface area contributed by atoms with Crippen molar-refractivity contribution in [2.45, 2.75) is 19.4 Å². The maximum Gasteiger partial charge on any atom is 0.127 e. The van der Waals surface area contributed by atoms with Crippen LogP contribution in [-0.4, -0.2) is 6.54 Å². The number of nitriles is 1. The monoisotopic (exact) mass is 266 g/mol. The van der Waals surface area contributed by atoms with E-state index in [1.165, 1.54) is 0 Å². The number of nitrogens with zero attached hydrogens (tertiary/aromatic N) is 1. The Morgan fingerprint density at radius 1 is 1.10 bits per heavy atom. The van der Waals surface area contributed by atoms with E-state index in [9.17, 15) is 5.26 Å². The first kappa shape index (κ1) is 14.1. The van der Waals surface area contributed by atoms with Gasteiger partial charge >= 0.3 is 0 Å². The van der Waals surface area contributed by atoms with E-state index in [0.717, 1.165) is 30.0 Å². The molecule has 102 valence electrons. The van der Waals surface area contributed by atoms with Gasteiger partial charge in [0.1, 0.15) is 17.5 Å². The summed E-state index contributed by atoms with van der Waals surface area (Å²) in [6, 6.07) is 19.3. The van der Waals surface area contributed by atoms with E-state index >= 15 is 0 Å². The number of ether oxygens (including phenoxy) is 1. The maximum atomic E-state index is 9.23. The summed E-state index contributed by atoms with van der Waals surface area (Å²) in [7, 11) is 0. The quantitative estimate of drug-likeness (QED) is 0.858. The molecule has 2 rings (SSSR count). The van der Waals surface area contributed by atoms with Crippen LogP contribution >= 0.6 is 0 Å². The summed E-state index contributed by atoms with van der Waals surface area (Å²) in [6.45, 7) is 2.90.